The SMILES string of the molecule is N#Cc1cc(NS(=O)(=O)c2cc(C(=O)O)ccc2C2CC2)c(OCC2CCOC2)cc1Cl. The molecule has 10 heteroatoms. The standard InChI is InChI=1S/C22H21ClN2O6S/c23-18-9-20(31-12-13-5-6-30-11-13)19(7-16(18)10-24)25-32(28,29)21-8-15(22(26)27)3-4-17(21)14-1-2-14/h3-4,7-9,13-14,25H,1-2,5-6,11-12H2,(H,26,27). The van der Waals surface area contributed by atoms with Crippen LogP contribution in [-0.2, 0) is 14.8 Å². The fourth-order valence-electron chi connectivity index (χ4n) is 3.59. The minimum absolute atomic E-state index is 0.0624. The molecule has 0 amide bonds. The van der Waals surface area contributed by atoms with Gasteiger partial charge in [-0.2, -0.15) is 5.26 Å². The topological polar surface area (TPSA) is 126 Å². The Labute approximate surface area is 190 Å². The summed E-state index contributed by atoms with van der Waals surface area (Å²) in [4.78, 5) is 11.3. The van der Waals surface area contributed by atoms with E-state index < -0.39 is 16.0 Å². The number of hydrogen-bond donors (Lipinski definition) is 2. The van der Waals surface area contributed by atoms with Crippen molar-refractivity contribution in [1.29, 1.82) is 5.26 Å². The van der Waals surface area contributed by atoms with Crippen molar-refractivity contribution >= 4 is 33.3 Å². The van der Waals surface area contributed by atoms with Gasteiger partial charge in [-0.3, -0.25) is 4.72 Å². The van der Waals surface area contributed by atoms with Crippen molar-refractivity contribution in [2.24, 2.45) is 5.92 Å². The average molecular weight is 477 g/mol. The molecule has 1 unspecified atom stereocenters. The monoisotopic (exact) mass is 476 g/mol. The van der Waals surface area contributed by atoms with Gasteiger partial charge in [-0.25, -0.2) is 13.2 Å². The first-order valence-corrected chi connectivity index (χ1v) is 12.0. The Hall–Kier alpha value is -2.80. The van der Waals surface area contributed by atoms with Crippen molar-refractivity contribution in [3.05, 3.63) is 52.0 Å². The molecule has 0 aromatic heterocycles. The number of ether oxygens (including phenoxy) is 2. The third-order valence-corrected chi connectivity index (χ3v) is 7.23. The molecule has 1 aliphatic carbocycles. The van der Waals surface area contributed by atoms with Crippen LogP contribution in [0.25, 0.3) is 0 Å². The number of carboxylic acids is 1. The highest BCUT2D eigenvalue weighted by Crippen LogP contribution is 2.44. The highest BCUT2D eigenvalue weighted by Gasteiger charge is 2.32. The molecule has 1 atom stereocenters. The van der Waals surface area contributed by atoms with Gasteiger partial charge in [0.25, 0.3) is 10.0 Å². The lowest BCUT2D eigenvalue weighted by Crippen LogP contribution is -2.18. The van der Waals surface area contributed by atoms with Crippen molar-refractivity contribution < 1.29 is 27.8 Å². The summed E-state index contributed by atoms with van der Waals surface area (Å²) >= 11 is 6.15. The van der Waals surface area contributed by atoms with Crippen LogP contribution in [0, 0.1) is 17.2 Å². The molecule has 4 rings (SSSR count). The second-order valence-electron chi connectivity index (χ2n) is 7.92. The molecule has 0 radical (unpaired) electrons. The van der Waals surface area contributed by atoms with Crippen molar-refractivity contribution in [2.75, 3.05) is 24.5 Å². The first-order chi connectivity index (χ1) is 15.3. The summed E-state index contributed by atoms with van der Waals surface area (Å²) in [6.45, 7) is 1.50. The first kappa shape index (κ1) is 22.4. The minimum Gasteiger partial charge on any atom is -0.491 e. The molecule has 2 N–H and O–H groups in total. The van der Waals surface area contributed by atoms with E-state index in [1.165, 1.54) is 18.2 Å². The van der Waals surface area contributed by atoms with Crippen LogP contribution in [0.4, 0.5) is 5.69 Å². The predicted molar refractivity (Wildman–Crippen MR) is 117 cm³/mol. The highest BCUT2D eigenvalue weighted by atomic mass is 35.5. The Bertz CT molecular complexity index is 1200. The van der Waals surface area contributed by atoms with E-state index in [0.717, 1.165) is 25.3 Å². The third kappa shape index (κ3) is 4.83. The molecule has 2 aromatic rings. The quantitative estimate of drug-likeness (QED) is 0.589. The Balaban J connectivity index is 1.70. The van der Waals surface area contributed by atoms with Gasteiger partial charge in [0.2, 0.25) is 0 Å². The van der Waals surface area contributed by atoms with E-state index in [4.69, 9.17) is 21.1 Å². The molecule has 2 aliphatic rings. The number of nitrogens with zero attached hydrogens (tertiary/aromatic N) is 1. The van der Waals surface area contributed by atoms with Crippen LogP contribution in [0.3, 0.4) is 0 Å². The van der Waals surface area contributed by atoms with Crippen molar-refractivity contribution in [3.63, 3.8) is 0 Å². The van der Waals surface area contributed by atoms with Gasteiger partial charge in [0, 0.05) is 18.6 Å². The lowest BCUT2D eigenvalue weighted by molar-refractivity contribution is 0.0696. The maximum atomic E-state index is 13.3. The molecular weight excluding hydrogens is 456 g/mol. The van der Waals surface area contributed by atoms with E-state index in [1.807, 2.05) is 6.07 Å². The molecule has 2 fully saturated rings. The van der Waals surface area contributed by atoms with Gasteiger partial charge in [0.1, 0.15) is 11.8 Å². The summed E-state index contributed by atoms with van der Waals surface area (Å²) in [5.74, 6) is -0.790. The van der Waals surface area contributed by atoms with Gasteiger partial charge in [0.15, 0.2) is 0 Å². The number of nitriles is 1. The Kier molecular flexibility index (Phi) is 6.29. The fraction of sp³-hybridized carbons (Fsp3) is 0.364. The zero-order valence-electron chi connectivity index (χ0n) is 17.0. The first-order valence-electron chi connectivity index (χ1n) is 10.1. The number of sulfonamides is 1. The van der Waals surface area contributed by atoms with E-state index in [2.05, 4.69) is 4.72 Å². The van der Waals surface area contributed by atoms with Crippen LogP contribution in [0.2, 0.25) is 5.02 Å². The summed E-state index contributed by atoms with van der Waals surface area (Å²) in [6, 6.07) is 8.77. The molecule has 168 valence electrons. The Morgan fingerprint density at radius 3 is 2.69 bits per heavy atom. The summed E-state index contributed by atoms with van der Waals surface area (Å²) in [6.07, 6.45) is 2.51. The molecule has 0 spiro atoms. The predicted octanol–water partition coefficient (Wildman–Crippen LogP) is 4.00. The molecule has 2 aromatic carbocycles. The minimum atomic E-state index is -4.17. The molecule has 0 bridgehead atoms. The molecule has 1 heterocycles. The fourth-order valence-corrected chi connectivity index (χ4v) is 5.18. The molecular formula is C22H21ClN2O6S. The highest BCUT2D eigenvalue weighted by molar-refractivity contribution is 7.92. The van der Waals surface area contributed by atoms with Gasteiger partial charge in [-0.05, 0) is 48.9 Å². The van der Waals surface area contributed by atoms with Crippen LogP contribution >= 0.6 is 11.6 Å². The van der Waals surface area contributed by atoms with Crippen LogP contribution in [0.1, 0.15) is 46.7 Å². The second-order valence-corrected chi connectivity index (χ2v) is 9.98. The molecule has 1 saturated carbocycles. The number of carboxylic acid groups (broad SMARTS) is 1. The molecule has 32 heavy (non-hydrogen) atoms. The molecule has 1 saturated heterocycles. The summed E-state index contributed by atoms with van der Waals surface area (Å²) < 4.78 is 40.3. The number of halogens is 1. The summed E-state index contributed by atoms with van der Waals surface area (Å²) in [5.41, 5.74) is 0.596. The van der Waals surface area contributed by atoms with E-state index in [1.54, 1.807) is 6.07 Å². The largest absolute Gasteiger partial charge is 0.491 e. The number of benzene rings is 2. The number of rotatable bonds is 8. The number of carbonyl (C=O) groups is 1. The number of aromatic carboxylic acids is 1. The Morgan fingerprint density at radius 2 is 2.06 bits per heavy atom. The maximum Gasteiger partial charge on any atom is 0.335 e. The Morgan fingerprint density at radius 1 is 1.28 bits per heavy atom. The van der Waals surface area contributed by atoms with Crippen LogP contribution in [-0.4, -0.2) is 39.3 Å². The zero-order valence-corrected chi connectivity index (χ0v) is 18.6. The third-order valence-electron chi connectivity index (χ3n) is 5.50. The summed E-state index contributed by atoms with van der Waals surface area (Å²) in [7, 11) is -4.17. The molecule has 8 nitrogen and oxygen atoms in total. The van der Waals surface area contributed by atoms with Gasteiger partial charge in [-0.1, -0.05) is 17.7 Å². The van der Waals surface area contributed by atoms with E-state index in [-0.39, 0.29) is 44.3 Å². The summed E-state index contributed by atoms with van der Waals surface area (Å²) in [5, 5.41) is 18.8. The second kappa shape index (κ2) is 8.98. The number of anilines is 1. The van der Waals surface area contributed by atoms with Crippen molar-refractivity contribution in [2.45, 2.75) is 30.1 Å². The lowest BCUT2D eigenvalue weighted by Gasteiger charge is -2.18. The van der Waals surface area contributed by atoms with Crippen LogP contribution in [0.15, 0.2) is 35.2 Å². The van der Waals surface area contributed by atoms with E-state index in [0.29, 0.717) is 25.4 Å². The molecule has 1 aliphatic heterocycles. The van der Waals surface area contributed by atoms with Gasteiger partial charge in [0.05, 0.1) is 39.9 Å². The van der Waals surface area contributed by atoms with Gasteiger partial charge < -0.3 is 14.6 Å². The normalized spacial score (nSPS) is 18.2. The van der Waals surface area contributed by atoms with E-state index >= 15 is 0 Å². The van der Waals surface area contributed by atoms with Crippen LogP contribution in [0.5, 0.6) is 5.75 Å². The van der Waals surface area contributed by atoms with Crippen molar-refractivity contribution in [3.8, 4) is 11.8 Å². The zero-order chi connectivity index (χ0) is 22.9. The van der Waals surface area contributed by atoms with Gasteiger partial charge >= 0.3 is 5.97 Å². The van der Waals surface area contributed by atoms with Gasteiger partial charge in [-0.15, -0.1) is 0 Å². The smallest absolute Gasteiger partial charge is 0.335 e. The number of nitrogens with one attached hydrogen (secondary N) is 1. The lowest BCUT2D eigenvalue weighted by atomic mass is 10.1. The van der Waals surface area contributed by atoms with E-state index in [9.17, 15) is 23.6 Å². The maximum absolute atomic E-state index is 13.3. The average Bonchev–Trinajstić information content (AvgIpc) is 3.48. The van der Waals surface area contributed by atoms with Crippen molar-refractivity contribution in [1.82, 2.24) is 0 Å². The number of hydrogen-bond acceptors (Lipinski definition) is 6. The van der Waals surface area contributed by atoms with Crippen LogP contribution < -0.4 is 9.46 Å².